The number of carbonyl (C=O) groups excluding carboxylic acids is 2. The zero-order valence-electron chi connectivity index (χ0n) is 15.4. The molecule has 1 aliphatic rings. The monoisotopic (exact) mass is 404 g/mol. The number of ether oxygens (including phenoxy) is 3. The Morgan fingerprint density at radius 2 is 1.90 bits per heavy atom. The number of nitrogens with one attached hydrogen (secondary N) is 1. The number of fused-ring (bicyclic) bond motifs is 1. The molecule has 3 rings (SSSR count). The number of nitro groups is 1. The van der Waals surface area contributed by atoms with Gasteiger partial charge in [0.2, 0.25) is 0 Å². The maximum atomic E-state index is 13.5. The van der Waals surface area contributed by atoms with Gasteiger partial charge < -0.3 is 19.5 Å². The van der Waals surface area contributed by atoms with Crippen molar-refractivity contribution in [3.63, 3.8) is 0 Å². The van der Waals surface area contributed by atoms with Crippen molar-refractivity contribution in [2.24, 2.45) is 0 Å². The number of carbonyl (C=O) groups is 2. The highest BCUT2D eigenvalue weighted by Gasteiger charge is 2.23. The molecular formula is C19H17FN2O7. The summed E-state index contributed by atoms with van der Waals surface area (Å²) in [4.78, 5) is 34.7. The molecular weight excluding hydrogens is 387 g/mol. The Labute approximate surface area is 164 Å². The van der Waals surface area contributed by atoms with Crippen LogP contribution in [0.3, 0.4) is 0 Å². The van der Waals surface area contributed by atoms with Crippen LogP contribution in [-0.4, -0.2) is 36.6 Å². The molecule has 0 aliphatic carbocycles. The first kappa shape index (κ1) is 20.1. The molecule has 1 N–H and O–H groups in total. The third-order valence-corrected chi connectivity index (χ3v) is 4.08. The van der Waals surface area contributed by atoms with E-state index in [0.29, 0.717) is 25.2 Å². The van der Waals surface area contributed by atoms with Crippen LogP contribution in [0.1, 0.15) is 22.3 Å². The van der Waals surface area contributed by atoms with Crippen LogP contribution in [0.2, 0.25) is 0 Å². The minimum Gasteiger partial charge on any atom is -0.489 e. The van der Waals surface area contributed by atoms with E-state index in [0.717, 1.165) is 12.1 Å². The summed E-state index contributed by atoms with van der Waals surface area (Å²) in [6.45, 7) is 1.55. The van der Waals surface area contributed by atoms with Crippen LogP contribution in [0.25, 0.3) is 0 Å². The van der Waals surface area contributed by atoms with Crippen LogP contribution in [-0.2, 0) is 9.53 Å². The van der Waals surface area contributed by atoms with Crippen molar-refractivity contribution >= 4 is 23.3 Å². The molecule has 10 heteroatoms. The second-order valence-electron chi connectivity index (χ2n) is 6.21. The Kier molecular flexibility index (Phi) is 5.91. The highest BCUT2D eigenvalue weighted by Crippen LogP contribution is 2.39. The Bertz CT molecular complexity index is 977. The van der Waals surface area contributed by atoms with E-state index < -0.39 is 34.9 Å². The zero-order valence-corrected chi connectivity index (χ0v) is 15.4. The van der Waals surface area contributed by atoms with Gasteiger partial charge >= 0.3 is 5.97 Å². The predicted octanol–water partition coefficient (Wildman–Crippen LogP) is 3.00. The lowest BCUT2D eigenvalue weighted by Gasteiger charge is -2.11. The van der Waals surface area contributed by atoms with Gasteiger partial charge in [-0.2, -0.15) is 0 Å². The lowest BCUT2D eigenvalue weighted by atomic mass is 10.1. The molecule has 1 amide bonds. The van der Waals surface area contributed by atoms with Crippen molar-refractivity contribution in [3.05, 3.63) is 57.4 Å². The number of hydrogen-bond acceptors (Lipinski definition) is 7. The molecule has 1 heterocycles. The summed E-state index contributed by atoms with van der Waals surface area (Å²) < 4.78 is 29.3. The second kappa shape index (κ2) is 8.55. The fourth-order valence-corrected chi connectivity index (χ4v) is 2.57. The molecule has 0 saturated carbocycles. The maximum absolute atomic E-state index is 13.5. The lowest BCUT2D eigenvalue weighted by molar-refractivity contribution is -0.384. The van der Waals surface area contributed by atoms with Crippen LogP contribution >= 0.6 is 0 Å². The van der Waals surface area contributed by atoms with E-state index in [1.165, 1.54) is 18.2 Å². The molecule has 2 aromatic carbocycles. The summed E-state index contributed by atoms with van der Waals surface area (Å²) in [5, 5.41) is 13.6. The van der Waals surface area contributed by atoms with Gasteiger partial charge in [0.05, 0.1) is 29.8 Å². The van der Waals surface area contributed by atoms with Gasteiger partial charge in [0.25, 0.3) is 11.6 Å². The van der Waals surface area contributed by atoms with Crippen LogP contribution in [0.4, 0.5) is 15.8 Å². The van der Waals surface area contributed by atoms with Crippen molar-refractivity contribution in [3.8, 4) is 11.5 Å². The van der Waals surface area contributed by atoms with E-state index in [4.69, 9.17) is 14.2 Å². The highest BCUT2D eigenvalue weighted by molar-refractivity contribution is 5.97. The van der Waals surface area contributed by atoms with Crippen LogP contribution in [0.5, 0.6) is 11.5 Å². The van der Waals surface area contributed by atoms with Crippen LogP contribution in [0, 0.1) is 22.9 Å². The van der Waals surface area contributed by atoms with E-state index in [9.17, 15) is 24.1 Å². The molecule has 0 aromatic heterocycles. The number of nitrogens with zero attached hydrogens (tertiary/aromatic N) is 1. The quantitative estimate of drug-likeness (QED) is 0.462. The number of benzene rings is 2. The molecule has 0 fully saturated rings. The van der Waals surface area contributed by atoms with Crippen molar-refractivity contribution in [1.82, 2.24) is 0 Å². The molecule has 0 bridgehead atoms. The van der Waals surface area contributed by atoms with E-state index in [-0.39, 0.29) is 22.7 Å². The van der Waals surface area contributed by atoms with E-state index >= 15 is 0 Å². The molecule has 2 aromatic rings. The summed E-state index contributed by atoms with van der Waals surface area (Å²) in [5.41, 5.74) is -0.209. The van der Waals surface area contributed by atoms with Crippen molar-refractivity contribution in [1.29, 1.82) is 0 Å². The summed E-state index contributed by atoms with van der Waals surface area (Å²) in [5.74, 6) is -1.81. The van der Waals surface area contributed by atoms with Crippen molar-refractivity contribution < 1.29 is 33.1 Å². The molecule has 0 atom stereocenters. The number of hydrogen-bond donors (Lipinski definition) is 1. The first-order valence-corrected chi connectivity index (χ1v) is 8.66. The van der Waals surface area contributed by atoms with Gasteiger partial charge in [0, 0.05) is 12.5 Å². The van der Waals surface area contributed by atoms with Gasteiger partial charge in [-0.05, 0) is 24.6 Å². The summed E-state index contributed by atoms with van der Waals surface area (Å²) in [6, 6.07) is 6.23. The molecule has 29 heavy (non-hydrogen) atoms. The van der Waals surface area contributed by atoms with Gasteiger partial charge in [-0.15, -0.1) is 0 Å². The molecule has 152 valence electrons. The minimum absolute atomic E-state index is 0.0533. The Morgan fingerprint density at radius 3 is 2.55 bits per heavy atom. The number of esters is 1. The average Bonchev–Trinajstić information content (AvgIpc) is 2.92. The average molecular weight is 404 g/mol. The van der Waals surface area contributed by atoms with E-state index in [1.807, 2.05) is 0 Å². The second-order valence-corrected chi connectivity index (χ2v) is 6.21. The number of rotatable bonds is 5. The Balaban J connectivity index is 1.69. The first-order valence-electron chi connectivity index (χ1n) is 8.66. The van der Waals surface area contributed by atoms with Gasteiger partial charge in [0.1, 0.15) is 11.5 Å². The number of aryl methyl sites for hydroxylation is 1. The predicted molar refractivity (Wildman–Crippen MR) is 98.8 cm³/mol. The molecule has 1 aliphatic heterocycles. The molecule has 0 saturated heterocycles. The smallest absolute Gasteiger partial charge is 0.338 e. The summed E-state index contributed by atoms with van der Waals surface area (Å²) >= 11 is 0. The van der Waals surface area contributed by atoms with Gasteiger partial charge in [0.15, 0.2) is 18.1 Å². The molecule has 0 radical (unpaired) electrons. The third-order valence-electron chi connectivity index (χ3n) is 4.08. The normalized spacial score (nSPS) is 12.6. The van der Waals surface area contributed by atoms with Crippen molar-refractivity contribution in [2.75, 3.05) is 25.1 Å². The third kappa shape index (κ3) is 4.78. The van der Waals surface area contributed by atoms with E-state index in [2.05, 4.69) is 5.32 Å². The van der Waals surface area contributed by atoms with Crippen LogP contribution < -0.4 is 14.8 Å². The van der Waals surface area contributed by atoms with Gasteiger partial charge in [-0.3, -0.25) is 14.9 Å². The molecule has 0 unspecified atom stereocenters. The fraction of sp³-hybridized carbons (Fsp3) is 0.263. The lowest BCUT2D eigenvalue weighted by Crippen LogP contribution is -2.21. The Hall–Kier alpha value is -3.69. The number of amides is 1. The molecule has 0 spiro atoms. The standard InChI is InChI=1S/C19H17FN2O7/c1-11-3-4-12(7-13(11)20)19(24)29-10-18(23)21-14-8-16-17(9-15(14)22(25)26)28-6-2-5-27-16/h3-4,7-9H,2,5-6,10H2,1H3,(H,21,23). The highest BCUT2D eigenvalue weighted by atomic mass is 19.1. The maximum Gasteiger partial charge on any atom is 0.338 e. The zero-order chi connectivity index (χ0) is 21.0. The summed E-state index contributed by atoms with van der Waals surface area (Å²) in [7, 11) is 0. The SMILES string of the molecule is Cc1ccc(C(=O)OCC(=O)Nc2cc3c(cc2[N+](=O)[O-])OCCCO3)cc1F. The number of halogens is 1. The number of nitro benzene ring substituents is 1. The minimum atomic E-state index is -0.896. The Morgan fingerprint density at radius 1 is 1.21 bits per heavy atom. The van der Waals surface area contributed by atoms with Crippen molar-refractivity contribution in [2.45, 2.75) is 13.3 Å². The summed E-state index contributed by atoms with van der Waals surface area (Å²) in [6.07, 6.45) is 0.611. The number of anilines is 1. The van der Waals surface area contributed by atoms with Gasteiger partial charge in [-0.25, -0.2) is 9.18 Å². The van der Waals surface area contributed by atoms with Gasteiger partial charge in [-0.1, -0.05) is 6.07 Å². The molecule has 9 nitrogen and oxygen atoms in total. The fourth-order valence-electron chi connectivity index (χ4n) is 2.57. The first-order chi connectivity index (χ1) is 13.8. The van der Waals surface area contributed by atoms with E-state index in [1.54, 1.807) is 6.92 Å². The largest absolute Gasteiger partial charge is 0.489 e. The van der Waals surface area contributed by atoms with Crippen LogP contribution in [0.15, 0.2) is 30.3 Å². The topological polar surface area (TPSA) is 117 Å².